The first-order chi connectivity index (χ1) is 13.2. The van der Waals surface area contributed by atoms with Gasteiger partial charge in [-0.2, -0.15) is 0 Å². The summed E-state index contributed by atoms with van der Waals surface area (Å²) in [6.07, 6.45) is 0.683. The molecular weight excluding hydrogens is 347 g/mol. The predicted octanol–water partition coefficient (Wildman–Crippen LogP) is 4.89. The Labute approximate surface area is 157 Å². The van der Waals surface area contributed by atoms with E-state index >= 15 is 0 Å². The van der Waals surface area contributed by atoms with Crippen molar-refractivity contribution < 1.29 is 23.4 Å². The third-order valence-corrected chi connectivity index (χ3v) is 3.68. The number of halogens is 1. The van der Waals surface area contributed by atoms with Crippen LogP contribution in [-0.2, 0) is 0 Å². The highest BCUT2D eigenvalue weighted by Crippen LogP contribution is 2.19. The van der Waals surface area contributed by atoms with Crippen molar-refractivity contribution in [1.82, 2.24) is 0 Å². The number of carbonyl (C=O) groups excluding carboxylic acids is 1. The molecule has 27 heavy (non-hydrogen) atoms. The first-order valence-electron chi connectivity index (χ1n) is 8.59. The van der Waals surface area contributed by atoms with Gasteiger partial charge in [0.1, 0.15) is 23.1 Å². The normalized spacial score (nSPS) is 10.3. The zero-order valence-electron chi connectivity index (χ0n) is 14.6. The van der Waals surface area contributed by atoms with E-state index in [1.165, 1.54) is 12.1 Å². The summed E-state index contributed by atoms with van der Waals surface area (Å²) in [5, 5.41) is 0. The Balaban J connectivity index is 1.39. The van der Waals surface area contributed by atoms with Crippen LogP contribution in [0.4, 0.5) is 4.39 Å². The fraction of sp³-hybridized carbons (Fsp3) is 0.136. The molecule has 0 fully saturated rings. The lowest BCUT2D eigenvalue weighted by molar-refractivity contribution is 0.0734. The Kier molecular flexibility index (Phi) is 6.41. The fourth-order valence-electron chi connectivity index (χ4n) is 2.31. The Morgan fingerprint density at radius 1 is 0.704 bits per heavy atom. The van der Waals surface area contributed by atoms with Crippen molar-refractivity contribution in [3.63, 3.8) is 0 Å². The lowest BCUT2D eigenvalue weighted by atomic mass is 10.2. The van der Waals surface area contributed by atoms with Crippen LogP contribution in [0.25, 0.3) is 0 Å². The molecule has 3 rings (SSSR count). The highest BCUT2D eigenvalue weighted by molar-refractivity contribution is 5.90. The Morgan fingerprint density at radius 3 is 1.81 bits per heavy atom. The number of rotatable bonds is 8. The minimum Gasteiger partial charge on any atom is -0.493 e. The molecule has 0 heterocycles. The molecule has 0 bridgehead atoms. The third kappa shape index (κ3) is 5.85. The molecular formula is C22H19FO4. The van der Waals surface area contributed by atoms with E-state index in [1.807, 2.05) is 6.07 Å². The molecule has 3 aromatic carbocycles. The zero-order chi connectivity index (χ0) is 18.9. The van der Waals surface area contributed by atoms with Crippen LogP contribution in [0.5, 0.6) is 17.2 Å². The van der Waals surface area contributed by atoms with Crippen LogP contribution in [0.15, 0.2) is 78.9 Å². The molecule has 0 aromatic heterocycles. The second-order valence-corrected chi connectivity index (χ2v) is 5.73. The summed E-state index contributed by atoms with van der Waals surface area (Å²) < 4.78 is 29.2. The summed E-state index contributed by atoms with van der Waals surface area (Å²) >= 11 is 0. The van der Waals surface area contributed by atoms with Crippen molar-refractivity contribution in [3.8, 4) is 17.2 Å². The second kappa shape index (κ2) is 9.38. The highest BCUT2D eigenvalue weighted by atomic mass is 19.1. The molecule has 0 amide bonds. The summed E-state index contributed by atoms with van der Waals surface area (Å²) in [5.41, 5.74) is 0.499. The summed E-state index contributed by atoms with van der Waals surface area (Å²) in [5.74, 6) is 1.07. The molecule has 0 N–H and O–H groups in total. The SMILES string of the molecule is O=C(Oc1ccc(OCCCOc2ccc(F)cc2)cc1)c1ccccc1. The van der Waals surface area contributed by atoms with Crippen molar-refractivity contribution in [3.05, 3.63) is 90.2 Å². The van der Waals surface area contributed by atoms with Gasteiger partial charge in [0.15, 0.2) is 0 Å². The van der Waals surface area contributed by atoms with Gasteiger partial charge in [-0.3, -0.25) is 0 Å². The van der Waals surface area contributed by atoms with Gasteiger partial charge in [-0.1, -0.05) is 18.2 Å². The molecule has 5 heteroatoms. The van der Waals surface area contributed by atoms with E-state index in [4.69, 9.17) is 14.2 Å². The zero-order valence-corrected chi connectivity index (χ0v) is 14.6. The summed E-state index contributed by atoms with van der Waals surface area (Å²) in [6.45, 7) is 0.947. The van der Waals surface area contributed by atoms with Gasteiger partial charge >= 0.3 is 5.97 Å². The van der Waals surface area contributed by atoms with Crippen LogP contribution in [0, 0.1) is 5.82 Å². The summed E-state index contributed by atoms with van der Waals surface area (Å²) in [7, 11) is 0. The van der Waals surface area contributed by atoms with Crippen LogP contribution in [0.2, 0.25) is 0 Å². The highest BCUT2D eigenvalue weighted by Gasteiger charge is 2.07. The van der Waals surface area contributed by atoms with E-state index in [-0.39, 0.29) is 5.82 Å². The van der Waals surface area contributed by atoms with Crippen LogP contribution in [-0.4, -0.2) is 19.2 Å². The molecule has 0 atom stereocenters. The maximum absolute atomic E-state index is 12.8. The molecule has 138 valence electrons. The van der Waals surface area contributed by atoms with Crippen LogP contribution in [0.3, 0.4) is 0 Å². The molecule has 0 aliphatic rings. The van der Waals surface area contributed by atoms with Gasteiger partial charge in [0.25, 0.3) is 0 Å². The lowest BCUT2D eigenvalue weighted by Gasteiger charge is -2.09. The fourth-order valence-corrected chi connectivity index (χ4v) is 2.31. The monoisotopic (exact) mass is 366 g/mol. The van der Waals surface area contributed by atoms with Crippen molar-refractivity contribution >= 4 is 5.97 Å². The standard InChI is InChI=1S/C22H19FO4/c23-18-7-9-19(10-8-18)25-15-4-16-26-20-11-13-21(14-12-20)27-22(24)17-5-2-1-3-6-17/h1-3,5-14H,4,15-16H2. The molecule has 4 nitrogen and oxygen atoms in total. The first kappa shape index (κ1) is 18.5. The Hall–Kier alpha value is -3.34. The average Bonchev–Trinajstić information content (AvgIpc) is 2.71. The van der Waals surface area contributed by atoms with Crippen molar-refractivity contribution in [2.75, 3.05) is 13.2 Å². The topological polar surface area (TPSA) is 44.8 Å². The van der Waals surface area contributed by atoms with Crippen molar-refractivity contribution in [1.29, 1.82) is 0 Å². The Bertz CT molecular complexity index is 846. The van der Waals surface area contributed by atoms with E-state index in [9.17, 15) is 9.18 Å². The van der Waals surface area contributed by atoms with E-state index < -0.39 is 5.97 Å². The quantitative estimate of drug-likeness (QED) is 0.323. The Morgan fingerprint density at radius 2 is 1.22 bits per heavy atom. The second-order valence-electron chi connectivity index (χ2n) is 5.73. The van der Waals surface area contributed by atoms with Crippen molar-refractivity contribution in [2.24, 2.45) is 0 Å². The largest absolute Gasteiger partial charge is 0.493 e. The minimum atomic E-state index is -0.401. The summed E-state index contributed by atoms with van der Waals surface area (Å²) in [4.78, 5) is 12.0. The molecule has 0 aliphatic carbocycles. The lowest BCUT2D eigenvalue weighted by Crippen LogP contribution is -2.08. The maximum atomic E-state index is 12.8. The van der Waals surface area contributed by atoms with Gasteiger partial charge in [0.05, 0.1) is 18.8 Å². The van der Waals surface area contributed by atoms with Crippen molar-refractivity contribution in [2.45, 2.75) is 6.42 Å². The van der Waals surface area contributed by atoms with Crippen LogP contribution in [0.1, 0.15) is 16.8 Å². The first-order valence-corrected chi connectivity index (χ1v) is 8.59. The predicted molar refractivity (Wildman–Crippen MR) is 99.8 cm³/mol. The van der Waals surface area contributed by atoms with Crippen LogP contribution >= 0.6 is 0 Å². The number of esters is 1. The van der Waals surface area contributed by atoms with E-state index in [0.717, 1.165) is 0 Å². The molecule has 0 radical (unpaired) electrons. The van der Waals surface area contributed by atoms with E-state index in [1.54, 1.807) is 60.7 Å². The summed E-state index contributed by atoms with van der Waals surface area (Å²) in [6, 6.07) is 21.6. The number of hydrogen-bond donors (Lipinski definition) is 0. The number of carbonyl (C=O) groups is 1. The van der Waals surface area contributed by atoms with Gasteiger partial charge in [0, 0.05) is 6.42 Å². The van der Waals surface area contributed by atoms with E-state index in [2.05, 4.69) is 0 Å². The van der Waals surface area contributed by atoms with Gasteiger partial charge in [-0.15, -0.1) is 0 Å². The van der Waals surface area contributed by atoms with Gasteiger partial charge in [-0.25, -0.2) is 9.18 Å². The van der Waals surface area contributed by atoms with Gasteiger partial charge in [-0.05, 0) is 60.7 Å². The van der Waals surface area contributed by atoms with E-state index in [0.29, 0.717) is 42.4 Å². The van der Waals surface area contributed by atoms with Crippen LogP contribution < -0.4 is 14.2 Å². The molecule has 0 aliphatic heterocycles. The number of ether oxygens (including phenoxy) is 3. The average molecular weight is 366 g/mol. The minimum absolute atomic E-state index is 0.288. The molecule has 0 spiro atoms. The smallest absolute Gasteiger partial charge is 0.343 e. The molecule has 0 unspecified atom stereocenters. The maximum Gasteiger partial charge on any atom is 0.343 e. The number of benzene rings is 3. The molecule has 0 saturated carbocycles. The molecule has 3 aromatic rings. The molecule has 0 saturated heterocycles. The third-order valence-electron chi connectivity index (χ3n) is 3.68. The number of hydrogen-bond acceptors (Lipinski definition) is 4. The van der Waals surface area contributed by atoms with Gasteiger partial charge in [0.2, 0.25) is 0 Å². The van der Waals surface area contributed by atoms with Gasteiger partial charge < -0.3 is 14.2 Å².